The van der Waals surface area contributed by atoms with E-state index in [-0.39, 0.29) is 0 Å². The fourth-order valence-corrected chi connectivity index (χ4v) is 3.00. The van der Waals surface area contributed by atoms with E-state index < -0.39 is 0 Å². The zero-order chi connectivity index (χ0) is 12.5. The first-order chi connectivity index (χ1) is 8.02. The van der Waals surface area contributed by atoms with Crippen LogP contribution in [0.3, 0.4) is 0 Å². The lowest BCUT2D eigenvalue weighted by atomic mass is 9.75. The van der Waals surface area contributed by atoms with Gasteiger partial charge in [0.15, 0.2) is 0 Å². The van der Waals surface area contributed by atoms with E-state index in [1.54, 1.807) is 0 Å². The van der Waals surface area contributed by atoms with Crippen molar-refractivity contribution in [3.8, 4) is 0 Å². The summed E-state index contributed by atoms with van der Waals surface area (Å²) in [6.07, 6.45) is 6.64. The van der Waals surface area contributed by atoms with Gasteiger partial charge in [0.1, 0.15) is 5.82 Å². The van der Waals surface area contributed by atoms with Crippen molar-refractivity contribution < 1.29 is 0 Å². The molecule has 2 rings (SSSR count). The minimum absolute atomic E-state index is 0.369. The van der Waals surface area contributed by atoms with Gasteiger partial charge in [-0.15, -0.1) is 10.2 Å². The summed E-state index contributed by atoms with van der Waals surface area (Å²) in [6.45, 7) is 7.61. The molecule has 0 spiro atoms. The second-order valence-electron chi connectivity index (χ2n) is 5.94. The third-order valence-corrected chi connectivity index (χ3v) is 4.13. The molecule has 0 aliphatic heterocycles. The van der Waals surface area contributed by atoms with Gasteiger partial charge in [0, 0.05) is 12.5 Å². The summed E-state index contributed by atoms with van der Waals surface area (Å²) in [6, 6.07) is 0. The van der Waals surface area contributed by atoms with E-state index in [9.17, 15) is 0 Å². The summed E-state index contributed by atoms with van der Waals surface area (Å²) in [4.78, 5) is 0. The molecule has 1 saturated carbocycles. The van der Waals surface area contributed by atoms with Crippen molar-refractivity contribution >= 4 is 11.6 Å². The minimum Gasteiger partial charge on any atom is -0.301 e. The molecule has 0 atom stereocenters. The highest BCUT2D eigenvalue weighted by molar-refractivity contribution is 6.28. The van der Waals surface area contributed by atoms with Crippen LogP contribution in [0.5, 0.6) is 0 Å². The quantitative estimate of drug-likeness (QED) is 0.817. The highest BCUT2D eigenvalue weighted by atomic mass is 35.5. The zero-order valence-electron chi connectivity index (χ0n) is 11.0. The highest BCUT2D eigenvalue weighted by Crippen LogP contribution is 2.38. The molecule has 1 aliphatic rings. The number of rotatable bonds is 3. The number of hydrogen-bond donors (Lipinski definition) is 0. The van der Waals surface area contributed by atoms with E-state index in [1.807, 2.05) is 0 Å². The summed E-state index contributed by atoms with van der Waals surface area (Å²) in [5.41, 5.74) is 0.369. The largest absolute Gasteiger partial charge is 0.301 e. The van der Waals surface area contributed by atoms with Gasteiger partial charge in [0.05, 0.1) is 0 Å². The van der Waals surface area contributed by atoms with Crippen molar-refractivity contribution in [2.75, 3.05) is 0 Å². The van der Waals surface area contributed by atoms with E-state index in [0.717, 1.165) is 12.4 Å². The number of aromatic nitrogens is 3. The Hall–Kier alpha value is -0.570. The van der Waals surface area contributed by atoms with Gasteiger partial charge in [-0.1, -0.05) is 40.0 Å². The molecule has 1 aromatic rings. The van der Waals surface area contributed by atoms with Crippen LogP contribution in [0.25, 0.3) is 0 Å². The summed E-state index contributed by atoms with van der Waals surface area (Å²) in [7, 11) is 0. The van der Waals surface area contributed by atoms with Crippen molar-refractivity contribution in [3.05, 3.63) is 11.1 Å². The van der Waals surface area contributed by atoms with Gasteiger partial charge in [-0.2, -0.15) is 0 Å². The van der Waals surface area contributed by atoms with Crippen molar-refractivity contribution in [1.29, 1.82) is 0 Å². The molecule has 96 valence electrons. The standard InChI is InChI=1S/C13H22ClN3/c1-10(2)11-15-16-12(14)17(11)9-13(3)7-5-4-6-8-13/h10H,4-9H2,1-3H3. The lowest BCUT2D eigenvalue weighted by Crippen LogP contribution is -2.27. The van der Waals surface area contributed by atoms with Crippen LogP contribution < -0.4 is 0 Å². The molecule has 1 aromatic heterocycles. The first-order valence-electron chi connectivity index (χ1n) is 6.60. The Morgan fingerprint density at radius 2 is 1.88 bits per heavy atom. The second-order valence-corrected chi connectivity index (χ2v) is 6.28. The maximum Gasteiger partial charge on any atom is 0.225 e. The molecular weight excluding hydrogens is 234 g/mol. The van der Waals surface area contributed by atoms with Crippen molar-refractivity contribution in [3.63, 3.8) is 0 Å². The monoisotopic (exact) mass is 255 g/mol. The molecule has 0 unspecified atom stereocenters. The smallest absolute Gasteiger partial charge is 0.225 e. The maximum atomic E-state index is 6.16. The van der Waals surface area contributed by atoms with E-state index in [1.165, 1.54) is 32.1 Å². The molecule has 3 nitrogen and oxygen atoms in total. The van der Waals surface area contributed by atoms with Gasteiger partial charge in [-0.05, 0) is 29.9 Å². The van der Waals surface area contributed by atoms with E-state index in [2.05, 4.69) is 35.5 Å². The molecule has 0 N–H and O–H groups in total. The molecule has 0 aromatic carbocycles. The molecule has 0 amide bonds. The summed E-state index contributed by atoms with van der Waals surface area (Å²) in [5, 5.41) is 8.75. The Bertz CT molecular complexity index is 378. The first kappa shape index (κ1) is 12.9. The molecular formula is C13H22ClN3. The predicted molar refractivity (Wildman–Crippen MR) is 70.3 cm³/mol. The fourth-order valence-electron chi connectivity index (χ4n) is 2.81. The van der Waals surface area contributed by atoms with Gasteiger partial charge in [-0.3, -0.25) is 0 Å². The molecule has 0 radical (unpaired) electrons. The number of hydrogen-bond acceptors (Lipinski definition) is 2. The maximum absolute atomic E-state index is 6.16. The Labute approximate surface area is 109 Å². The van der Waals surface area contributed by atoms with E-state index in [0.29, 0.717) is 16.6 Å². The summed E-state index contributed by atoms with van der Waals surface area (Å²) in [5.74, 6) is 1.39. The molecule has 0 bridgehead atoms. The molecule has 1 aliphatic carbocycles. The lowest BCUT2D eigenvalue weighted by molar-refractivity contribution is 0.180. The average molecular weight is 256 g/mol. The van der Waals surface area contributed by atoms with Gasteiger partial charge < -0.3 is 4.57 Å². The van der Waals surface area contributed by atoms with Crippen LogP contribution in [0.2, 0.25) is 5.28 Å². The van der Waals surface area contributed by atoms with Crippen LogP contribution in [0.4, 0.5) is 0 Å². The molecule has 1 heterocycles. The summed E-state index contributed by atoms with van der Waals surface area (Å²) >= 11 is 6.16. The molecule has 17 heavy (non-hydrogen) atoms. The Morgan fingerprint density at radius 3 is 2.47 bits per heavy atom. The van der Waals surface area contributed by atoms with Gasteiger partial charge in [0.2, 0.25) is 5.28 Å². The Morgan fingerprint density at radius 1 is 1.24 bits per heavy atom. The SMILES string of the molecule is CC(C)c1nnc(Cl)n1CC1(C)CCCCC1. The third kappa shape index (κ3) is 2.82. The normalized spacial score (nSPS) is 19.8. The van der Waals surface area contributed by atoms with Gasteiger partial charge in [0.25, 0.3) is 0 Å². The van der Waals surface area contributed by atoms with Crippen LogP contribution in [-0.4, -0.2) is 14.8 Å². The van der Waals surface area contributed by atoms with Crippen molar-refractivity contribution in [1.82, 2.24) is 14.8 Å². The molecule has 4 heteroatoms. The van der Waals surface area contributed by atoms with Crippen LogP contribution in [0.15, 0.2) is 0 Å². The second kappa shape index (κ2) is 4.97. The fraction of sp³-hybridized carbons (Fsp3) is 0.846. The zero-order valence-corrected chi connectivity index (χ0v) is 11.8. The highest BCUT2D eigenvalue weighted by Gasteiger charge is 2.29. The van der Waals surface area contributed by atoms with E-state index >= 15 is 0 Å². The minimum atomic E-state index is 0.369. The van der Waals surface area contributed by atoms with E-state index in [4.69, 9.17) is 11.6 Å². The average Bonchev–Trinajstić information content (AvgIpc) is 2.61. The van der Waals surface area contributed by atoms with Crippen LogP contribution >= 0.6 is 11.6 Å². The van der Waals surface area contributed by atoms with Crippen molar-refractivity contribution in [2.45, 2.75) is 65.3 Å². The third-order valence-electron chi connectivity index (χ3n) is 3.85. The Balaban J connectivity index is 2.19. The van der Waals surface area contributed by atoms with Crippen molar-refractivity contribution in [2.24, 2.45) is 5.41 Å². The number of halogens is 1. The van der Waals surface area contributed by atoms with Gasteiger partial charge >= 0.3 is 0 Å². The Kier molecular flexibility index (Phi) is 3.76. The summed E-state index contributed by atoms with van der Waals surface area (Å²) < 4.78 is 2.11. The van der Waals surface area contributed by atoms with Crippen LogP contribution in [0.1, 0.15) is 64.6 Å². The first-order valence-corrected chi connectivity index (χ1v) is 6.98. The molecule has 0 saturated heterocycles. The predicted octanol–water partition coefficient (Wildman–Crippen LogP) is 4.03. The van der Waals surface area contributed by atoms with Crippen LogP contribution in [0, 0.1) is 5.41 Å². The van der Waals surface area contributed by atoms with Gasteiger partial charge in [-0.25, -0.2) is 0 Å². The molecule has 1 fully saturated rings. The van der Waals surface area contributed by atoms with Crippen LogP contribution in [-0.2, 0) is 6.54 Å². The lowest BCUT2D eigenvalue weighted by Gasteiger charge is -2.34. The topological polar surface area (TPSA) is 30.7 Å². The number of nitrogens with zero attached hydrogens (tertiary/aromatic N) is 3.